The van der Waals surface area contributed by atoms with Gasteiger partial charge in [-0.25, -0.2) is 4.39 Å². The summed E-state index contributed by atoms with van der Waals surface area (Å²) in [6.07, 6.45) is 0.311. The summed E-state index contributed by atoms with van der Waals surface area (Å²) in [5, 5.41) is 5.89. The molecule has 0 fully saturated rings. The summed E-state index contributed by atoms with van der Waals surface area (Å²) in [7, 11) is 0. The molecular formula is C18H19FN2O2. The third-order valence-corrected chi connectivity index (χ3v) is 3.35. The maximum absolute atomic E-state index is 12.8. The minimum Gasteiger partial charge on any atom is -0.385 e. The predicted octanol–water partition coefficient (Wildman–Crippen LogP) is 3.15. The van der Waals surface area contributed by atoms with Crippen molar-refractivity contribution in [1.82, 2.24) is 5.32 Å². The van der Waals surface area contributed by atoms with Crippen LogP contribution in [0.25, 0.3) is 0 Å². The van der Waals surface area contributed by atoms with E-state index in [1.165, 1.54) is 19.1 Å². The number of hydrogen-bond donors (Lipinski definition) is 2. The quantitative estimate of drug-likeness (QED) is 0.772. The van der Waals surface area contributed by atoms with Crippen LogP contribution >= 0.6 is 0 Å². The molecule has 0 bridgehead atoms. The van der Waals surface area contributed by atoms with Gasteiger partial charge in [-0.05, 0) is 36.8 Å². The molecule has 2 aromatic carbocycles. The Morgan fingerprint density at radius 2 is 1.83 bits per heavy atom. The fraction of sp³-hybridized carbons (Fsp3) is 0.222. The molecule has 5 heteroatoms. The Morgan fingerprint density at radius 1 is 1.09 bits per heavy atom. The topological polar surface area (TPSA) is 58.2 Å². The number of nitrogens with one attached hydrogen (secondary N) is 2. The highest BCUT2D eigenvalue weighted by Crippen LogP contribution is 2.11. The van der Waals surface area contributed by atoms with Gasteiger partial charge in [0.15, 0.2) is 5.78 Å². The van der Waals surface area contributed by atoms with E-state index in [4.69, 9.17) is 0 Å². The van der Waals surface area contributed by atoms with Gasteiger partial charge in [0.2, 0.25) is 5.91 Å². The third-order valence-electron chi connectivity index (χ3n) is 3.35. The smallest absolute Gasteiger partial charge is 0.222 e. The number of halogens is 1. The summed E-state index contributed by atoms with van der Waals surface area (Å²) in [5.74, 6) is -0.382. The highest BCUT2D eigenvalue weighted by atomic mass is 19.1. The summed E-state index contributed by atoms with van der Waals surface area (Å²) in [6.45, 7) is 2.36. The Labute approximate surface area is 134 Å². The zero-order chi connectivity index (χ0) is 16.7. The molecule has 0 radical (unpaired) electrons. The Kier molecular flexibility index (Phi) is 5.86. The molecule has 4 nitrogen and oxygen atoms in total. The predicted molar refractivity (Wildman–Crippen MR) is 87.8 cm³/mol. The van der Waals surface area contributed by atoms with Crippen LogP contribution in [0.3, 0.4) is 0 Å². The first-order valence-electron chi connectivity index (χ1n) is 7.40. The van der Waals surface area contributed by atoms with Crippen LogP contribution in [-0.2, 0) is 11.3 Å². The van der Waals surface area contributed by atoms with Crippen LogP contribution in [0.4, 0.5) is 10.1 Å². The Hall–Kier alpha value is -2.69. The normalized spacial score (nSPS) is 10.2. The van der Waals surface area contributed by atoms with E-state index in [0.717, 1.165) is 11.3 Å². The first kappa shape index (κ1) is 16.7. The van der Waals surface area contributed by atoms with Crippen molar-refractivity contribution < 1.29 is 14.0 Å². The number of carbonyl (C=O) groups is 2. The molecule has 0 spiro atoms. The molecule has 2 aromatic rings. The largest absolute Gasteiger partial charge is 0.385 e. The SMILES string of the molecule is CC(=O)c1cccc(NCCC(=O)NCc2ccc(F)cc2)c1. The monoisotopic (exact) mass is 314 g/mol. The van der Waals surface area contributed by atoms with Crippen LogP contribution in [0.5, 0.6) is 0 Å². The van der Waals surface area contributed by atoms with Crippen molar-refractivity contribution in [2.45, 2.75) is 19.9 Å². The summed E-state index contributed by atoms with van der Waals surface area (Å²) in [6, 6.07) is 13.2. The Morgan fingerprint density at radius 3 is 2.52 bits per heavy atom. The van der Waals surface area contributed by atoms with Crippen molar-refractivity contribution >= 4 is 17.4 Å². The lowest BCUT2D eigenvalue weighted by atomic mass is 10.1. The molecule has 0 aliphatic rings. The third kappa shape index (κ3) is 5.54. The second-order valence-corrected chi connectivity index (χ2v) is 5.22. The lowest BCUT2D eigenvalue weighted by Gasteiger charge is -2.08. The molecule has 0 unspecified atom stereocenters. The second kappa shape index (κ2) is 8.08. The average molecular weight is 314 g/mol. The van der Waals surface area contributed by atoms with Crippen molar-refractivity contribution in [1.29, 1.82) is 0 Å². The molecule has 0 aromatic heterocycles. The summed E-state index contributed by atoms with van der Waals surface area (Å²) in [5.41, 5.74) is 2.29. The van der Waals surface area contributed by atoms with Crippen molar-refractivity contribution in [2.75, 3.05) is 11.9 Å². The number of hydrogen-bond acceptors (Lipinski definition) is 3. The van der Waals surface area contributed by atoms with Crippen molar-refractivity contribution in [2.24, 2.45) is 0 Å². The zero-order valence-electron chi connectivity index (χ0n) is 12.9. The van der Waals surface area contributed by atoms with Crippen molar-refractivity contribution in [3.8, 4) is 0 Å². The maximum atomic E-state index is 12.8. The van der Waals surface area contributed by atoms with Gasteiger partial charge in [0, 0.05) is 30.8 Å². The maximum Gasteiger partial charge on any atom is 0.222 e. The number of benzene rings is 2. The number of carbonyl (C=O) groups excluding carboxylic acids is 2. The zero-order valence-corrected chi connectivity index (χ0v) is 12.9. The molecule has 120 valence electrons. The van der Waals surface area contributed by atoms with Crippen LogP contribution < -0.4 is 10.6 Å². The van der Waals surface area contributed by atoms with E-state index in [-0.39, 0.29) is 17.5 Å². The van der Waals surface area contributed by atoms with E-state index in [2.05, 4.69) is 10.6 Å². The molecule has 0 saturated carbocycles. The molecule has 23 heavy (non-hydrogen) atoms. The van der Waals surface area contributed by atoms with E-state index in [1.54, 1.807) is 30.3 Å². The van der Waals surface area contributed by atoms with Crippen LogP contribution in [0, 0.1) is 5.82 Å². The van der Waals surface area contributed by atoms with Crippen LogP contribution in [0.2, 0.25) is 0 Å². The summed E-state index contributed by atoms with van der Waals surface area (Å²) in [4.78, 5) is 23.1. The molecule has 0 aliphatic heterocycles. The van der Waals surface area contributed by atoms with Gasteiger partial charge in [0.25, 0.3) is 0 Å². The van der Waals surface area contributed by atoms with Crippen LogP contribution in [0.15, 0.2) is 48.5 Å². The van der Waals surface area contributed by atoms with Crippen molar-refractivity contribution in [3.05, 3.63) is 65.5 Å². The van der Waals surface area contributed by atoms with Gasteiger partial charge in [0.1, 0.15) is 5.82 Å². The number of Topliss-reactive ketones (excluding diaryl/α,β-unsaturated/α-hetero) is 1. The van der Waals surface area contributed by atoms with E-state index in [0.29, 0.717) is 25.1 Å². The fourth-order valence-corrected chi connectivity index (χ4v) is 2.06. The van der Waals surface area contributed by atoms with E-state index >= 15 is 0 Å². The molecule has 0 atom stereocenters. The molecular weight excluding hydrogens is 295 g/mol. The van der Waals surface area contributed by atoms with Crippen LogP contribution in [-0.4, -0.2) is 18.2 Å². The van der Waals surface area contributed by atoms with Gasteiger partial charge in [-0.15, -0.1) is 0 Å². The highest BCUT2D eigenvalue weighted by Gasteiger charge is 2.03. The lowest BCUT2D eigenvalue weighted by molar-refractivity contribution is -0.121. The molecule has 1 amide bonds. The molecule has 0 saturated heterocycles. The van der Waals surface area contributed by atoms with Crippen molar-refractivity contribution in [3.63, 3.8) is 0 Å². The van der Waals surface area contributed by atoms with E-state index in [9.17, 15) is 14.0 Å². The van der Waals surface area contributed by atoms with Crippen LogP contribution in [0.1, 0.15) is 29.3 Å². The Bertz CT molecular complexity index is 684. The average Bonchev–Trinajstić information content (AvgIpc) is 2.54. The van der Waals surface area contributed by atoms with E-state index in [1.807, 2.05) is 6.07 Å². The molecule has 0 heterocycles. The number of rotatable bonds is 7. The first-order valence-corrected chi connectivity index (χ1v) is 7.40. The number of anilines is 1. The highest BCUT2D eigenvalue weighted by molar-refractivity contribution is 5.94. The fourth-order valence-electron chi connectivity index (χ4n) is 2.06. The van der Waals surface area contributed by atoms with Gasteiger partial charge in [0.05, 0.1) is 0 Å². The minimum atomic E-state index is -0.294. The van der Waals surface area contributed by atoms with Gasteiger partial charge in [-0.2, -0.15) is 0 Å². The summed E-state index contributed by atoms with van der Waals surface area (Å²) < 4.78 is 12.8. The summed E-state index contributed by atoms with van der Waals surface area (Å²) >= 11 is 0. The van der Waals surface area contributed by atoms with E-state index < -0.39 is 0 Å². The standard InChI is InChI=1S/C18H19FN2O2/c1-13(22)15-3-2-4-17(11-15)20-10-9-18(23)21-12-14-5-7-16(19)8-6-14/h2-8,11,20H,9-10,12H2,1H3,(H,21,23). The number of amides is 1. The minimum absolute atomic E-state index is 0.00527. The number of ketones is 1. The van der Waals surface area contributed by atoms with Gasteiger partial charge >= 0.3 is 0 Å². The molecule has 2 rings (SSSR count). The lowest BCUT2D eigenvalue weighted by Crippen LogP contribution is -2.24. The van der Waals surface area contributed by atoms with Gasteiger partial charge < -0.3 is 10.6 Å². The van der Waals surface area contributed by atoms with Gasteiger partial charge in [-0.1, -0.05) is 24.3 Å². The molecule has 2 N–H and O–H groups in total. The Balaban J connectivity index is 1.73. The molecule has 0 aliphatic carbocycles. The second-order valence-electron chi connectivity index (χ2n) is 5.22. The van der Waals surface area contributed by atoms with Gasteiger partial charge in [-0.3, -0.25) is 9.59 Å². The first-order chi connectivity index (χ1) is 11.0.